The first-order chi connectivity index (χ1) is 9.90. The van der Waals surface area contributed by atoms with Gasteiger partial charge in [0, 0.05) is 12.3 Å². The molecule has 130 valence electrons. The lowest BCUT2D eigenvalue weighted by Gasteiger charge is -2.46. The summed E-state index contributed by atoms with van der Waals surface area (Å²) in [5.41, 5.74) is 0. The summed E-state index contributed by atoms with van der Waals surface area (Å²) in [5, 5.41) is 9.81. The average molecular weight is 333 g/mol. The zero-order valence-corrected chi connectivity index (χ0v) is 16.1. The van der Waals surface area contributed by atoms with Gasteiger partial charge in [-0.2, -0.15) is 0 Å². The molecule has 0 bridgehead atoms. The van der Waals surface area contributed by atoms with Gasteiger partial charge in [-0.25, -0.2) is 0 Å². The zero-order chi connectivity index (χ0) is 16.8. The van der Waals surface area contributed by atoms with Gasteiger partial charge in [0.15, 0.2) is 19.9 Å². The number of hydrogen-bond acceptors (Lipinski definition) is 5. The highest BCUT2D eigenvalue weighted by Gasteiger charge is 2.53. The van der Waals surface area contributed by atoms with Crippen molar-refractivity contribution in [3.05, 3.63) is 0 Å². The van der Waals surface area contributed by atoms with Gasteiger partial charge < -0.3 is 23.7 Å². The molecule has 0 aromatic carbocycles. The van der Waals surface area contributed by atoms with Gasteiger partial charge in [-0.15, -0.1) is 0 Å². The second kappa shape index (κ2) is 5.83. The molecule has 0 amide bonds. The van der Waals surface area contributed by atoms with Crippen molar-refractivity contribution in [2.24, 2.45) is 5.92 Å². The summed E-state index contributed by atoms with van der Waals surface area (Å²) >= 11 is 0. The van der Waals surface area contributed by atoms with E-state index in [1.807, 2.05) is 13.8 Å². The molecule has 2 aliphatic heterocycles. The Hall–Kier alpha value is 0.0169. The minimum atomic E-state index is -1.92. The van der Waals surface area contributed by atoms with Gasteiger partial charge in [0.25, 0.3) is 0 Å². The first kappa shape index (κ1) is 18.4. The topological polar surface area (TPSA) is 57.2 Å². The molecule has 3 atom stereocenters. The zero-order valence-electron chi connectivity index (χ0n) is 15.1. The van der Waals surface area contributed by atoms with Crippen molar-refractivity contribution in [1.82, 2.24) is 0 Å². The molecule has 2 fully saturated rings. The van der Waals surface area contributed by atoms with Crippen LogP contribution in [0.4, 0.5) is 0 Å². The van der Waals surface area contributed by atoms with Crippen LogP contribution in [-0.2, 0) is 18.6 Å². The summed E-state index contributed by atoms with van der Waals surface area (Å²) in [7, 11) is -1.92. The highest BCUT2D eigenvalue weighted by molar-refractivity contribution is 6.74. The van der Waals surface area contributed by atoms with Crippen molar-refractivity contribution in [2.75, 3.05) is 19.8 Å². The van der Waals surface area contributed by atoms with Crippen LogP contribution in [0.2, 0.25) is 18.1 Å². The van der Waals surface area contributed by atoms with Gasteiger partial charge in [0.05, 0.1) is 19.3 Å². The van der Waals surface area contributed by atoms with Gasteiger partial charge in [0.1, 0.15) is 6.61 Å². The minimum Gasteiger partial charge on any atom is -0.413 e. The second-order valence-electron chi connectivity index (χ2n) is 8.58. The summed E-state index contributed by atoms with van der Waals surface area (Å²) in [6, 6.07) is 0. The predicted octanol–water partition coefficient (Wildman–Crippen LogP) is 2.88. The van der Waals surface area contributed by atoms with E-state index in [9.17, 15) is 5.11 Å². The fraction of sp³-hybridized carbons (Fsp3) is 1.00. The van der Waals surface area contributed by atoms with Crippen LogP contribution in [0.15, 0.2) is 0 Å². The molecule has 0 unspecified atom stereocenters. The Bertz CT molecular complexity index is 404. The van der Waals surface area contributed by atoms with E-state index in [4.69, 9.17) is 18.6 Å². The third-order valence-corrected chi connectivity index (χ3v) is 9.66. The van der Waals surface area contributed by atoms with Crippen LogP contribution in [0.5, 0.6) is 0 Å². The Morgan fingerprint density at radius 3 is 2.32 bits per heavy atom. The molecular formula is C16H32O5Si. The molecule has 0 aromatic heterocycles. The van der Waals surface area contributed by atoms with Gasteiger partial charge in [-0.05, 0) is 32.0 Å². The normalized spacial score (nSPS) is 36.0. The Morgan fingerprint density at radius 2 is 1.86 bits per heavy atom. The van der Waals surface area contributed by atoms with Gasteiger partial charge >= 0.3 is 0 Å². The highest BCUT2D eigenvalue weighted by Crippen LogP contribution is 2.44. The quantitative estimate of drug-likeness (QED) is 0.805. The fourth-order valence-electron chi connectivity index (χ4n) is 2.72. The molecule has 2 aliphatic rings. The summed E-state index contributed by atoms with van der Waals surface area (Å²) in [6.45, 7) is 15.9. The Morgan fingerprint density at radius 1 is 1.23 bits per heavy atom. The van der Waals surface area contributed by atoms with Crippen molar-refractivity contribution in [3.63, 3.8) is 0 Å². The van der Waals surface area contributed by atoms with E-state index in [1.54, 1.807) is 0 Å². The van der Waals surface area contributed by atoms with E-state index in [2.05, 4.69) is 33.9 Å². The third-order valence-electron chi connectivity index (χ3n) is 5.16. The van der Waals surface area contributed by atoms with E-state index >= 15 is 0 Å². The number of aliphatic hydroxyl groups is 1. The largest absolute Gasteiger partial charge is 0.413 e. The van der Waals surface area contributed by atoms with E-state index in [-0.39, 0.29) is 23.7 Å². The van der Waals surface area contributed by atoms with Crippen LogP contribution < -0.4 is 0 Å². The second-order valence-corrected chi connectivity index (χ2v) is 13.3. The Balaban J connectivity index is 2.13. The third kappa shape index (κ3) is 3.74. The van der Waals surface area contributed by atoms with E-state index in [0.717, 1.165) is 0 Å². The number of aliphatic hydroxyl groups excluding tert-OH is 1. The molecule has 2 heterocycles. The number of ether oxygens (including phenoxy) is 3. The van der Waals surface area contributed by atoms with Crippen LogP contribution in [0.1, 0.15) is 41.0 Å². The molecule has 22 heavy (non-hydrogen) atoms. The SMILES string of the molecule is CC1(C)OC[C@@]2(C[C@H](O[Si](C)(C)C(C)(C)C)[C@H](CO)CO2)O1. The summed E-state index contributed by atoms with van der Waals surface area (Å²) in [5.74, 6) is -1.37. The molecule has 0 saturated carbocycles. The minimum absolute atomic E-state index is 0.00735. The average Bonchev–Trinajstić information content (AvgIpc) is 2.63. The van der Waals surface area contributed by atoms with E-state index in [0.29, 0.717) is 19.6 Å². The van der Waals surface area contributed by atoms with Gasteiger partial charge in [-0.3, -0.25) is 0 Å². The molecule has 0 aliphatic carbocycles. The molecular weight excluding hydrogens is 300 g/mol. The van der Waals surface area contributed by atoms with Crippen molar-refractivity contribution < 1.29 is 23.7 Å². The molecule has 0 radical (unpaired) electrons. The van der Waals surface area contributed by atoms with Crippen molar-refractivity contribution in [2.45, 2.75) is 76.8 Å². The number of rotatable bonds is 3. The van der Waals surface area contributed by atoms with Crippen LogP contribution in [0, 0.1) is 5.92 Å². The maximum Gasteiger partial charge on any atom is 0.197 e. The first-order valence-corrected chi connectivity index (χ1v) is 11.1. The Kier molecular flexibility index (Phi) is 4.86. The van der Waals surface area contributed by atoms with Gasteiger partial charge in [0.2, 0.25) is 0 Å². The number of hydrogen-bond donors (Lipinski definition) is 1. The molecule has 0 aromatic rings. The molecule has 1 spiro atoms. The van der Waals surface area contributed by atoms with Crippen LogP contribution in [0.3, 0.4) is 0 Å². The molecule has 2 saturated heterocycles. The van der Waals surface area contributed by atoms with Crippen molar-refractivity contribution >= 4 is 8.32 Å². The molecule has 6 heteroatoms. The molecule has 1 N–H and O–H groups in total. The maximum absolute atomic E-state index is 9.68. The molecule has 5 nitrogen and oxygen atoms in total. The van der Waals surface area contributed by atoms with Crippen molar-refractivity contribution in [1.29, 1.82) is 0 Å². The lowest BCUT2D eigenvalue weighted by molar-refractivity contribution is -0.289. The monoisotopic (exact) mass is 332 g/mol. The maximum atomic E-state index is 9.68. The van der Waals surface area contributed by atoms with E-state index in [1.165, 1.54) is 0 Å². The predicted molar refractivity (Wildman–Crippen MR) is 87.1 cm³/mol. The van der Waals surface area contributed by atoms with Gasteiger partial charge in [-0.1, -0.05) is 20.8 Å². The highest BCUT2D eigenvalue weighted by atomic mass is 28.4. The van der Waals surface area contributed by atoms with Crippen molar-refractivity contribution in [3.8, 4) is 0 Å². The van der Waals surface area contributed by atoms with Crippen LogP contribution in [-0.4, -0.2) is 50.9 Å². The molecule has 2 rings (SSSR count). The first-order valence-electron chi connectivity index (χ1n) is 8.17. The smallest absolute Gasteiger partial charge is 0.197 e. The van der Waals surface area contributed by atoms with Crippen LogP contribution in [0.25, 0.3) is 0 Å². The standard InChI is InChI=1S/C16H32O5Si/c1-14(2,3)22(6,7)20-13-8-16(18-10-12(13)9-17)11-19-15(4,5)21-16/h12-13,17H,8-11H2,1-7H3/t12-,13+,16-/m1/s1. The summed E-state index contributed by atoms with van der Waals surface area (Å²) < 4.78 is 24.2. The lowest BCUT2D eigenvalue weighted by Crippen LogP contribution is -2.55. The van der Waals surface area contributed by atoms with Crippen LogP contribution >= 0.6 is 0 Å². The van der Waals surface area contributed by atoms with E-state index < -0.39 is 19.9 Å². The fourth-order valence-corrected chi connectivity index (χ4v) is 4.11. The summed E-state index contributed by atoms with van der Waals surface area (Å²) in [6.07, 6.45) is 0.547. The Labute approximate surface area is 135 Å². The summed E-state index contributed by atoms with van der Waals surface area (Å²) in [4.78, 5) is 0. The lowest BCUT2D eigenvalue weighted by atomic mass is 9.94.